The van der Waals surface area contributed by atoms with Crippen molar-refractivity contribution in [2.24, 2.45) is 5.92 Å². The second-order valence-corrected chi connectivity index (χ2v) is 5.23. The minimum atomic E-state index is -2.66. The van der Waals surface area contributed by atoms with E-state index in [4.69, 9.17) is 10.2 Å². The molecule has 0 fully saturated rings. The van der Waals surface area contributed by atoms with Crippen LogP contribution in [0.4, 0.5) is 0 Å². The van der Waals surface area contributed by atoms with Gasteiger partial charge in [-0.1, -0.05) is 13.3 Å². The maximum Gasteiger partial charge on any atom is 0.306 e. The average Bonchev–Trinajstić information content (AvgIpc) is 2.21. The van der Waals surface area contributed by atoms with Crippen LogP contribution in [0, 0.1) is 5.92 Å². The molecule has 0 heterocycles. The van der Waals surface area contributed by atoms with Gasteiger partial charge in [0.15, 0.2) is 0 Å². The fourth-order valence-corrected chi connectivity index (χ4v) is 2.51. The molecule has 0 bridgehead atoms. The Morgan fingerprint density at radius 2 is 1.76 bits per heavy atom. The SMILES string of the molecule is CCCC(CC(CCC(=O)O)C(=O)O)[SH](=O)=O. The molecule has 2 unspecified atom stereocenters. The normalized spacial score (nSPS) is 14.5. The molecular weight excluding hydrogens is 248 g/mol. The van der Waals surface area contributed by atoms with Crippen LogP contribution in [0.3, 0.4) is 0 Å². The smallest absolute Gasteiger partial charge is 0.306 e. The maximum atomic E-state index is 10.9. The van der Waals surface area contributed by atoms with Gasteiger partial charge in [0.1, 0.15) is 10.7 Å². The molecule has 0 aromatic carbocycles. The number of hydrogen-bond donors (Lipinski definition) is 3. The highest BCUT2D eigenvalue weighted by molar-refractivity contribution is 7.73. The second kappa shape index (κ2) is 8.05. The van der Waals surface area contributed by atoms with Crippen molar-refractivity contribution in [1.29, 1.82) is 0 Å². The summed E-state index contributed by atoms with van der Waals surface area (Å²) in [6, 6.07) is 0. The topological polar surface area (TPSA) is 109 Å². The first kappa shape index (κ1) is 15.9. The molecule has 2 N–H and O–H groups in total. The van der Waals surface area contributed by atoms with Gasteiger partial charge in [-0.05, 0) is 19.3 Å². The van der Waals surface area contributed by atoms with Gasteiger partial charge >= 0.3 is 11.9 Å². The van der Waals surface area contributed by atoms with E-state index in [0.717, 1.165) is 0 Å². The van der Waals surface area contributed by atoms with Gasteiger partial charge in [-0.25, -0.2) is 8.42 Å². The fraction of sp³-hybridized carbons (Fsp3) is 0.800. The summed E-state index contributed by atoms with van der Waals surface area (Å²) in [4.78, 5) is 21.2. The van der Waals surface area contributed by atoms with Crippen LogP contribution in [0.15, 0.2) is 0 Å². The summed E-state index contributed by atoms with van der Waals surface area (Å²) >= 11 is 0. The van der Waals surface area contributed by atoms with Crippen LogP contribution in [0.1, 0.15) is 39.0 Å². The van der Waals surface area contributed by atoms with Crippen molar-refractivity contribution >= 4 is 22.6 Å². The van der Waals surface area contributed by atoms with Crippen molar-refractivity contribution in [3.63, 3.8) is 0 Å². The lowest BCUT2D eigenvalue weighted by molar-refractivity contribution is -0.143. The summed E-state index contributed by atoms with van der Waals surface area (Å²) in [5, 5.41) is 16.7. The zero-order valence-corrected chi connectivity index (χ0v) is 10.6. The highest BCUT2D eigenvalue weighted by atomic mass is 32.2. The van der Waals surface area contributed by atoms with E-state index >= 15 is 0 Å². The summed E-state index contributed by atoms with van der Waals surface area (Å²) < 4.78 is 21.8. The van der Waals surface area contributed by atoms with Gasteiger partial charge in [-0.15, -0.1) is 0 Å². The lowest BCUT2D eigenvalue weighted by Crippen LogP contribution is -2.22. The molecule has 0 radical (unpaired) electrons. The summed E-state index contributed by atoms with van der Waals surface area (Å²) in [5.74, 6) is -3.12. The molecular formula is C10H18O6S. The van der Waals surface area contributed by atoms with E-state index in [2.05, 4.69) is 0 Å². The molecule has 2 atom stereocenters. The summed E-state index contributed by atoms with van der Waals surface area (Å²) in [5.41, 5.74) is 0. The van der Waals surface area contributed by atoms with Gasteiger partial charge in [0.05, 0.1) is 11.2 Å². The number of carboxylic acids is 2. The monoisotopic (exact) mass is 266 g/mol. The zero-order valence-electron chi connectivity index (χ0n) is 9.66. The minimum absolute atomic E-state index is 0.00480. The predicted molar refractivity (Wildman–Crippen MR) is 61.6 cm³/mol. The number of rotatable bonds is 9. The van der Waals surface area contributed by atoms with Crippen LogP contribution < -0.4 is 0 Å². The van der Waals surface area contributed by atoms with Gasteiger partial charge < -0.3 is 10.2 Å². The van der Waals surface area contributed by atoms with E-state index in [-0.39, 0.29) is 19.3 Å². The lowest BCUT2D eigenvalue weighted by atomic mass is 9.96. The largest absolute Gasteiger partial charge is 0.481 e. The van der Waals surface area contributed by atoms with Gasteiger partial charge in [-0.3, -0.25) is 9.59 Å². The van der Waals surface area contributed by atoms with Gasteiger partial charge in [0.2, 0.25) is 0 Å². The van der Waals surface area contributed by atoms with Crippen molar-refractivity contribution in [1.82, 2.24) is 0 Å². The Balaban J connectivity index is 4.49. The zero-order chi connectivity index (χ0) is 13.4. The van der Waals surface area contributed by atoms with E-state index in [1.165, 1.54) is 0 Å². The quantitative estimate of drug-likeness (QED) is 0.531. The van der Waals surface area contributed by atoms with E-state index in [9.17, 15) is 18.0 Å². The molecule has 6 nitrogen and oxygen atoms in total. The van der Waals surface area contributed by atoms with Gasteiger partial charge in [0, 0.05) is 6.42 Å². The molecule has 0 aliphatic heterocycles. The first-order valence-corrected chi connectivity index (χ1v) is 6.71. The third-order valence-electron chi connectivity index (χ3n) is 2.53. The summed E-state index contributed by atoms with van der Waals surface area (Å²) in [7, 11) is -2.66. The Morgan fingerprint density at radius 3 is 2.12 bits per heavy atom. The highest BCUT2D eigenvalue weighted by Gasteiger charge is 2.24. The molecule has 0 amide bonds. The number of thiol groups is 1. The Bertz CT molecular complexity index is 328. The Hall–Kier alpha value is -1.11. The minimum Gasteiger partial charge on any atom is -0.481 e. The molecule has 100 valence electrons. The lowest BCUT2D eigenvalue weighted by Gasteiger charge is -2.15. The van der Waals surface area contributed by atoms with Gasteiger partial charge in [0.25, 0.3) is 0 Å². The molecule has 0 spiro atoms. The predicted octanol–water partition coefficient (Wildman–Crippen LogP) is 0.722. The molecule has 7 heteroatoms. The molecule has 0 saturated carbocycles. The van der Waals surface area contributed by atoms with Crippen molar-refractivity contribution < 1.29 is 28.2 Å². The van der Waals surface area contributed by atoms with Crippen molar-refractivity contribution in [2.45, 2.75) is 44.3 Å². The van der Waals surface area contributed by atoms with Crippen LogP contribution in [0.25, 0.3) is 0 Å². The highest BCUT2D eigenvalue weighted by Crippen LogP contribution is 2.18. The van der Waals surface area contributed by atoms with Crippen LogP contribution in [0.2, 0.25) is 0 Å². The summed E-state index contributed by atoms with van der Waals surface area (Å²) in [6.07, 6.45) is 0.767. The molecule has 0 rings (SSSR count). The molecule has 17 heavy (non-hydrogen) atoms. The van der Waals surface area contributed by atoms with E-state index in [0.29, 0.717) is 12.8 Å². The van der Waals surface area contributed by atoms with Crippen molar-refractivity contribution in [2.75, 3.05) is 0 Å². The Morgan fingerprint density at radius 1 is 1.18 bits per heavy atom. The van der Waals surface area contributed by atoms with Crippen LogP contribution in [-0.4, -0.2) is 35.8 Å². The molecule has 0 aliphatic carbocycles. The van der Waals surface area contributed by atoms with E-state index in [1.54, 1.807) is 0 Å². The van der Waals surface area contributed by atoms with E-state index in [1.807, 2.05) is 6.92 Å². The van der Waals surface area contributed by atoms with Gasteiger partial charge in [-0.2, -0.15) is 0 Å². The Labute approximate surface area is 102 Å². The molecule has 0 aromatic heterocycles. The number of aliphatic carboxylic acids is 2. The third kappa shape index (κ3) is 6.93. The summed E-state index contributed by atoms with van der Waals surface area (Å²) in [6.45, 7) is 1.82. The molecule has 0 saturated heterocycles. The van der Waals surface area contributed by atoms with Crippen LogP contribution in [-0.2, 0) is 20.3 Å². The van der Waals surface area contributed by atoms with Crippen LogP contribution in [0.5, 0.6) is 0 Å². The second-order valence-electron chi connectivity index (χ2n) is 3.93. The number of carbonyl (C=O) groups is 2. The first-order valence-electron chi connectivity index (χ1n) is 5.46. The molecule has 0 aliphatic rings. The van der Waals surface area contributed by atoms with Crippen molar-refractivity contribution in [3.05, 3.63) is 0 Å². The van der Waals surface area contributed by atoms with Crippen LogP contribution >= 0.6 is 0 Å². The Kier molecular flexibility index (Phi) is 7.53. The first-order chi connectivity index (χ1) is 7.88. The number of carboxylic acid groups (broad SMARTS) is 2. The molecule has 0 aromatic rings. The third-order valence-corrected chi connectivity index (χ3v) is 3.60. The maximum absolute atomic E-state index is 10.9. The average molecular weight is 266 g/mol. The van der Waals surface area contributed by atoms with Crippen molar-refractivity contribution in [3.8, 4) is 0 Å². The standard InChI is InChI=1S/C10H18O6S/c1-2-3-8(17(15)16)6-7(10(13)14)4-5-9(11)12/h7-8,17H,2-6H2,1H3,(H,11,12)(H,13,14). The fourth-order valence-electron chi connectivity index (χ4n) is 1.61. The number of hydrogen-bond acceptors (Lipinski definition) is 4. The van der Waals surface area contributed by atoms with E-state index < -0.39 is 33.8 Å².